The Labute approximate surface area is 428 Å². The van der Waals surface area contributed by atoms with Crippen molar-refractivity contribution >= 4 is 0 Å². The van der Waals surface area contributed by atoms with Crippen LogP contribution in [0.15, 0.2) is 0 Å². The van der Waals surface area contributed by atoms with Crippen LogP contribution in [0.2, 0.25) is 0 Å². The first-order valence-electron chi connectivity index (χ1n) is 28.6. The molecule has 6 saturated heterocycles. The molecule has 0 aromatic rings. The number of rotatable bonds is 0. The van der Waals surface area contributed by atoms with Gasteiger partial charge in [0.05, 0.1) is 25.4 Å². The molecule has 8 rings (SSSR count). The van der Waals surface area contributed by atoms with Gasteiger partial charge in [-0.3, -0.25) is 0 Å². The molecule has 8 aliphatic rings. The van der Waals surface area contributed by atoms with Crippen LogP contribution in [0.3, 0.4) is 0 Å². The Morgan fingerprint density at radius 3 is 0.779 bits per heavy atom. The Morgan fingerprint density at radius 1 is 0.279 bits per heavy atom. The molecule has 0 amide bonds. The predicted octanol–water partition coefficient (Wildman–Crippen LogP) is 16.7. The molecule has 0 radical (unpaired) electrons. The first-order chi connectivity index (χ1) is 30.8. The third-order valence-electron chi connectivity index (χ3n) is 16.8. The van der Waals surface area contributed by atoms with Gasteiger partial charge in [0.25, 0.3) is 0 Å². The average molecular weight is 964 g/mol. The third kappa shape index (κ3) is 27.7. The number of nitrogens with one attached hydrogen (secondary N) is 2. The summed E-state index contributed by atoms with van der Waals surface area (Å²) in [6.45, 7) is 65.8. The van der Waals surface area contributed by atoms with E-state index < -0.39 is 0 Å². The largest absolute Gasteiger partial charge is 0.381 e. The SMILES string of the molecule is CC(C)(C)C1CCC1.CC(C)(C)C1CCCC1.CC(C)(C)C1CCCO1.CC(C)(C)C1CCNC1.CC(C)(C)C1CCO1.CC(C)(C)C1CCOC1.CC(C)(C)C1CNC1.CC(C)(C)C1COC1. The zero-order valence-corrected chi connectivity index (χ0v) is 50.8. The van der Waals surface area contributed by atoms with E-state index in [1.165, 1.54) is 103 Å². The Morgan fingerprint density at radius 2 is 0.662 bits per heavy atom. The van der Waals surface area contributed by atoms with Crippen LogP contribution in [0, 0.1) is 78.8 Å². The predicted molar refractivity (Wildman–Crippen MR) is 299 cm³/mol. The Hall–Kier alpha value is -0.240. The summed E-state index contributed by atoms with van der Waals surface area (Å²) >= 11 is 0. The van der Waals surface area contributed by atoms with Crippen LogP contribution in [-0.4, -0.2) is 78.0 Å². The van der Waals surface area contributed by atoms with Gasteiger partial charge in [0.2, 0.25) is 0 Å². The summed E-state index contributed by atoms with van der Waals surface area (Å²) in [5, 5.41) is 6.65. The molecule has 6 nitrogen and oxygen atoms in total. The van der Waals surface area contributed by atoms with Gasteiger partial charge in [0.1, 0.15) is 0 Å². The second kappa shape index (κ2) is 29.0. The minimum atomic E-state index is 0.358. The maximum absolute atomic E-state index is 5.52. The topological polar surface area (TPSA) is 61.0 Å². The van der Waals surface area contributed by atoms with E-state index in [2.05, 4.69) is 177 Å². The maximum atomic E-state index is 5.52. The van der Waals surface area contributed by atoms with Crippen LogP contribution in [0.4, 0.5) is 0 Å². The molecule has 6 heterocycles. The lowest BCUT2D eigenvalue weighted by Gasteiger charge is -2.38. The monoisotopic (exact) mass is 963 g/mol. The van der Waals surface area contributed by atoms with Crippen LogP contribution in [0.5, 0.6) is 0 Å². The van der Waals surface area contributed by atoms with Crippen LogP contribution < -0.4 is 10.6 Å². The van der Waals surface area contributed by atoms with Crippen LogP contribution in [0.1, 0.15) is 243 Å². The summed E-state index contributed by atoms with van der Waals surface area (Å²) in [6.07, 6.45) is 17.7. The fourth-order valence-corrected chi connectivity index (χ4v) is 9.49. The fourth-order valence-electron chi connectivity index (χ4n) is 9.49. The molecule has 2 saturated carbocycles. The summed E-state index contributed by atoms with van der Waals surface area (Å²) in [5.41, 5.74) is 3.88. The van der Waals surface area contributed by atoms with Crippen molar-refractivity contribution in [2.45, 2.75) is 255 Å². The average Bonchev–Trinajstić information content (AvgIpc) is 3.89. The van der Waals surface area contributed by atoms with Gasteiger partial charge in [0.15, 0.2) is 0 Å². The number of hydrogen-bond donors (Lipinski definition) is 2. The van der Waals surface area contributed by atoms with E-state index in [4.69, 9.17) is 18.9 Å². The molecule has 0 aromatic carbocycles. The lowest BCUT2D eigenvalue weighted by atomic mass is 9.69. The van der Waals surface area contributed by atoms with E-state index in [9.17, 15) is 0 Å². The highest BCUT2D eigenvalue weighted by Crippen LogP contribution is 2.41. The second-order valence-electron chi connectivity index (χ2n) is 31.0. The summed E-state index contributed by atoms with van der Waals surface area (Å²) in [6, 6.07) is 0. The smallest absolute Gasteiger partial charge is 0.0645 e. The zero-order chi connectivity index (χ0) is 52.4. The highest BCUT2D eigenvalue weighted by Gasteiger charge is 2.34. The first-order valence-corrected chi connectivity index (χ1v) is 28.6. The van der Waals surface area contributed by atoms with E-state index >= 15 is 0 Å². The van der Waals surface area contributed by atoms with Crippen molar-refractivity contribution in [2.75, 3.05) is 65.8 Å². The molecule has 6 aliphatic heterocycles. The van der Waals surface area contributed by atoms with E-state index in [1.54, 1.807) is 0 Å². The van der Waals surface area contributed by atoms with Gasteiger partial charge in [-0.05, 0) is 157 Å². The lowest BCUT2D eigenvalue weighted by Crippen LogP contribution is -2.48. The molecule has 0 aromatic heterocycles. The lowest BCUT2D eigenvalue weighted by molar-refractivity contribution is -0.109. The number of ether oxygens (including phenoxy) is 4. The maximum Gasteiger partial charge on any atom is 0.0645 e. The zero-order valence-electron chi connectivity index (χ0n) is 50.8. The Balaban J connectivity index is 0.000000389. The second-order valence-corrected chi connectivity index (χ2v) is 31.0. The minimum Gasteiger partial charge on any atom is -0.381 e. The van der Waals surface area contributed by atoms with Crippen molar-refractivity contribution in [3.05, 3.63) is 0 Å². The summed E-state index contributed by atoms with van der Waals surface area (Å²) in [5.74, 6) is 5.46. The standard InChI is InChI=1S/C9H18.C8H17N.2C8H16O.C8H16.C7H15N.2C7H14O/c1-9(2,3)8-6-4-5-7-8;2*1-8(2,3)7-4-5-9-6-7;1-8(2,3)7-5-4-6-9-7;1-8(2,3)7-5-4-6-7;2*1-7(2,3)6-4-8-5-6;1-7(2,3)6-4-5-8-6/h8H,4-7H2,1-3H3;7,9H,4-6H2,1-3H3;2*7H,4-6H2,1-3H3;7H,4-6H2,1-3H3;6,8H,4-5H2,1-3H3;2*6H,4-5H2,1-3H3. The molecule has 0 spiro atoms. The normalized spacial score (nSPS) is 26.1. The Kier molecular flexibility index (Phi) is 28.1. The van der Waals surface area contributed by atoms with Gasteiger partial charge in [0, 0.05) is 32.3 Å². The Bertz CT molecular complexity index is 1050. The van der Waals surface area contributed by atoms with E-state index in [1.807, 2.05) is 0 Å². The summed E-state index contributed by atoms with van der Waals surface area (Å²) in [7, 11) is 0. The van der Waals surface area contributed by atoms with Crippen molar-refractivity contribution in [1.82, 2.24) is 10.6 Å². The molecule has 2 N–H and O–H groups in total. The molecule has 2 aliphatic carbocycles. The third-order valence-corrected chi connectivity index (χ3v) is 16.8. The van der Waals surface area contributed by atoms with Crippen molar-refractivity contribution in [2.24, 2.45) is 78.8 Å². The minimum absolute atomic E-state index is 0.358. The number of hydrogen-bond acceptors (Lipinski definition) is 6. The molecule has 0 bridgehead atoms. The summed E-state index contributed by atoms with van der Waals surface area (Å²) < 4.78 is 21.2. The van der Waals surface area contributed by atoms with Crippen molar-refractivity contribution in [3.8, 4) is 0 Å². The first kappa shape index (κ1) is 65.8. The van der Waals surface area contributed by atoms with Crippen LogP contribution in [0.25, 0.3) is 0 Å². The molecule has 4 atom stereocenters. The highest BCUT2D eigenvalue weighted by atomic mass is 16.5. The van der Waals surface area contributed by atoms with E-state index in [0.29, 0.717) is 55.5 Å². The van der Waals surface area contributed by atoms with Crippen LogP contribution in [-0.2, 0) is 18.9 Å². The van der Waals surface area contributed by atoms with Gasteiger partial charge in [-0.25, -0.2) is 0 Å². The van der Waals surface area contributed by atoms with Crippen molar-refractivity contribution in [1.29, 1.82) is 0 Å². The van der Waals surface area contributed by atoms with Crippen LogP contribution >= 0.6 is 0 Å². The van der Waals surface area contributed by atoms with Gasteiger partial charge in [-0.15, -0.1) is 0 Å². The van der Waals surface area contributed by atoms with Gasteiger partial charge >= 0.3 is 0 Å². The molecular weight excluding hydrogens is 837 g/mol. The molecule has 68 heavy (non-hydrogen) atoms. The highest BCUT2D eigenvalue weighted by molar-refractivity contribution is 4.85. The molecule has 8 fully saturated rings. The molecule has 6 heteroatoms. The van der Waals surface area contributed by atoms with Gasteiger partial charge < -0.3 is 29.6 Å². The fraction of sp³-hybridized carbons (Fsp3) is 1.00. The van der Waals surface area contributed by atoms with Crippen molar-refractivity contribution < 1.29 is 18.9 Å². The quantitative estimate of drug-likeness (QED) is 0.252. The molecule has 4 unspecified atom stereocenters. The van der Waals surface area contributed by atoms with E-state index in [0.717, 1.165) is 75.1 Å². The van der Waals surface area contributed by atoms with E-state index in [-0.39, 0.29) is 0 Å². The van der Waals surface area contributed by atoms with Gasteiger partial charge in [-0.2, -0.15) is 0 Å². The molecule has 408 valence electrons. The summed E-state index contributed by atoms with van der Waals surface area (Å²) in [4.78, 5) is 0. The molecular formula is C62H126N2O4. The van der Waals surface area contributed by atoms with Crippen molar-refractivity contribution in [3.63, 3.8) is 0 Å². The van der Waals surface area contributed by atoms with Gasteiger partial charge in [-0.1, -0.05) is 185 Å².